The molecule has 20 heavy (non-hydrogen) atoms. The zero-order valence-corrected chi connectivity index (χ0v) is 14.1. The predicted octanol–water partition coefficient (Wildman–Crippen LogP) is 3.93. The van der Waals surface area contributed by atoms with Crippen molar-refractivity contribution in [2.45, 2.75) is 6.92 Å². The van der Waals surface area contributed by atoms with Crippen LogP contribution >= 0.6 is 43.4 Å². The summed E-state index contributed by atoms with van der Waals surface area (Å²) in [5.74, 6) is -1.51. The van der Waals surface area contributed by atoms with Crippen molar-refractivity contribution in [1.29, 1.82) is 0 Å². The third kappa shape index (κ3) is 3.08. The minimum absolute atomic E-state index is 0.0227. The highest BCUT2D eigenvalue weighted by molar-refractivity contribution is 9.11. The molecule has 1 aromatic carbocycles. The largest absolute Gasteiger partial charge is 0.478 e. The molecular formula is C12H8Br2N2O3S. The smallest absolute Gasteiger partial charge is 0.340 e. The van der Waals surface area contributed by atoms with Crippen LogP contribution in [0.1, 0.15) is 26.4 Å². The van der Waals surface area contributed by atoms with E-state index in [2.05, 4.69) is 41.6 Å². The minimum atomic E-state index is -1.11. The Morgan fingerprint density at radius 2 is 2.05 bits per heavy atom. The van der Waals surface area contributed by atoms with Crippen molar-refractivity contribution in [3.05, 3.63) is 44.0 Å². The van der Waals surface area contributed by atoms with Gasteiger partial charge in [-0.2, -0.15) is 4.37 Å². The van der Waals surface area contributed by atoms with E-state index in [-0.39, 0.29) is 10.6 Å². The quantitative estimate of drug-likeness (QED) is 0.789. The average Bonchev–Trinajstić information content (AvgIpc) is 2.73. The first-order valence-electron chi connectivity index (χ1n) is 5.36. The van der Waals surface area contributed by atoms with E-state index in [9.17, 15) is 9.59 Å². The van der Waals surface area contributed by atoms with Gasteiger partial charge in [0.1, 0.15) is 10.6 Å². The number of aromatic carboxylic acids is 1. The topological polar surface area (TPSA) is 79.3 Å². The molecule has 0 aliphatic heterocycles. The van der Waals surface area contributed by atoms with Gasteiger partial charge in [-0.25, -0.2) is 4.79 Å². The minimum Gasteiger partial charge on any atom is -0.478 e. The van der Waals surface area contributed by atoms with Crippen LogP contribution in [0.3, 0.4) is 0 Å². The Morgan fingerprint density at radius 3 is 2.70 bits per heavy atom. The second kappa shape index (κ2) is 6.02. The lowest BCUT2D eigenvalue weighted by molar-refractivity contribution is 0.0697. The van der Waals surface area contributed by atoms with Gasteiger partial charge in [-0.15, -0.1) is 0 Å². The zero-order valence-electron chi connectivity index (χ0n) is 10.1. The molecule has 5 nitrogen and oxygen atoms in total. The Bertz CT molecular complexity index is 700. The fraction of sp³-hybridized carbons (Fsp3) is 0.0833. The number of carbonyl (C=O) groups excluding carboxylic acids is 1. The molecule has 1 amide bonds. The predicted molar refractivity (Wildman–Crippen MR) is 83.6 cm³/mol. The number of aromatic nitrogens is 1. The van der Waals surface area contributed by atoms with Crippen LogP contribution in [0.15, 0.2) is 27.1 Å². The van der Waals surface area contributed by atoms with E-state index in [0.717, 1.165) is 16.0 Å². The molecule has 0 fully saturated rings. The Morgan fingerprint density at radius 1 is 1.35 bits per heavy atom. The molecule has 104 valence electrons. The molecule has 0 spiro atoms. The molecule has 0 atom stereocenters. The number of carboxylic acids is 1. The molecule has 8 heteroatoms. The van der Waals surface area contributed by atoms with E-state index in [0.29, 0.717) is 15.7 Å². The summed E-state index contributed by atoms with van der Waals surface area (Å²) in [7, 11) is 0. The van der Waals surface area contributed by atoms with Gasteiger partial charge in [-0.1, -0.05) is 15.9 Å². The van der Waals surface area contributed by atoms with Crippen LogP contribution in [0.25, 0.3) is 0 Å². The van der Waals surface area contributed by atoms with Gasteiger partial charge >= 0.3 is 5.97 Å². The number of aryl methyl sites for hydroxylation is 1. The molecule has 0 bridgehead atoms. The second-order valence-corrected chi connectivity index (χ2v) is 6.40. The van der Waals surface area contributed by atoms with Crippen molar-refractivity contribution in [3.8, 4) is 0 Å². The highest BCUT2D eigenvalue weighted by Crippen LogP contribution is 2.27. The van der Waals surface area contributed by atoms with Crippen molar-refractivity contribution in [1.82, 2.24) is 4.37 Å². The van der Waals surface area contributed by atoms with Crippen LogP contribution in [-0.4, -0.2) is 21.4 Å². The SMILES string of the molecule is Cc1nsc(NC(=O)c2cc(Br)ccc2Br)c1C(=O)O. The van der Waals surface area contributed by atoms with Gasteiger partial charge in [0.25, 0.3) is 5.91 Å². The lowest BCUT2D eigenvalue weighted by Gasteiger charge is -2.06. The number of hydrogen-bond acceptors (Lipinski definition) is 4. The van der Waals surface area contributed by atoms with E-state index in [1.165, 1.54) is 0 Å². The van der Waals surface area contributed by atoms with Gasteiger partial charge in [0, 0.05) is 8.95 Å². The number of halogens is 2. The molecular weight excluding hydrogens is 412 g/mol. The number of anilines is 1. The maximum absolute atomic E-state index is 12.2. The van der Waals surface area contributed by atoms with Gasteiger partial charge in [0.15, 0.2) is 0 Å². The van der Waals surface area contributed by atoms with Crippen molar-refractivity contribution in [2.24, 2.45) is 0 Å². The molecule has 1 aromatic heterocycles. The summed E-state index contributed by atoms with van der Waals surface area (Å²) in [6.07, 6.45) is 0. The van der Waals surface area contributed by atoms with E-state index < -0.39 is 11.9 Å². The van der Waals surface area contributed by atoms with Gasteiger partial charge in [-0.05, 0) is 52.6 Å². The number of nitrogens with one attached hydrogen (secondary N) is 1. The molecule has 1 heterocycles. The van der Waals surface area contributed by atoms with Gasteiger partial charge in [0.05, 0.1) is 11.3 Å². The Hall–Kier alpha value is -1.25. The molecule has 0 radical (unpaired) electrons. The monoisotopic (exact) mass is 418 g/mol. The summed E-state index contributed by atoms with van der Waals surface area (Å²) in [4.78, 5) is 23.3. The fourth-order valence-electron chi connectivity index (χ4n) is 1.55. The highest BCUT2D eigenvalue weighted by atomic mass is 79.9. The molecule has 0 saturated heterocycles. The lowest BCUT2D eigenvalue weighted by Crippen LogP contribution is -2.14. The number of benzene rings is 1. The normalized spacial score (nSPS) is 10.3. The summed E-state index contributed by atoms with van der Waals surface area (Å²) >= 11 is 7.52. The Balaban J connectivity index is 2.33. The number of amides is 1. The van der Waals surface area contributed by atoms with Crippen molar-refractivity contribution in [2.75, 3.05) is 5.32 Å². The maximum atomic E-state index is 12.2. The molecule has 2 rings (SSSR count). The number of carbonyl (C=O) groups is 2. The van der Waals surface area contributed by atoms with Crippen LogP contribution in [-0.2, 0) is 0 Å². The van der Waals surface area contributed by atoms with Crippen molar-refractivity contribution < 1.29 is 14.7 Å². The van der Waals surface area contributed by atoms with Crippen LogP contribution < -0.4 is 5.32 Å². The first-order valence-corrected chi connectivity index (χ1v) is 7.72. The highest BCUT2D eigenvalue weighted by Gasteiger charge is 2.20. The Kier molecular flexibility index (Phi) is 4.56. The number of rotatable bonds is 3. The van der Waals surface area contributed by atoms with Gasteiger partial charge in [0.2, 0.25) is 0 Å². The van der Waals surface area contributed by atoms with Crippen LogP contribution in [0.4, 0.5) is 5.00 Å². The van der Waals surface area contributed by atoms with Gasteiger partial charge in [-0.3, -0.25) is 4.79 Å². The summed E-state index contributed by atoms with van der Waals surface area (Å²) in [5.41, 5.74) is 0.808. The third-order valence-electron chi connectivity index (χ3n) is 2.48. The molecule has 0 unspecified atom stereocenters. The lowest BCUT2D eigenvalue weighted by atomic mass is 10.2. The average molecular weight is 420 g/mol. The van der Waals surface area contributed by atoms with E-state index >= 15 is 0 Å². The molecule has 0 saturated carbocycles. The molecule has 2 N–H and O–H groups in total. The summed E-state index contributed by atoms with van der Waals surface area (Å²) in [6.45, 7) is 1.59. The number of hydrogen-bond donors (Lipinski definition) is 2. The summed E-state index contributed by atoms with van der Waals surface area (Å²) < 4.78 is 5.33. The fourth-order valence-corrected chi connectivity index (χ4v) is 3.12. The third-order valence-corrected chi connectivity index (χ3v) is 4.52. The summed E-state index contributed by atoms with van der Waals surface area (Å²) in [5, 5.41) is 11.9. The van der Waals surface area contributed by atoms with E-state index in [4.69, 9.17) is 5.11 Å². The van der Waals surface area contributed by atoms with Crippen molar-refractivity contribution >= 4 is 60.3 Å². The van der Waals surface area contributed by atoms with Crippen molar-refractivity contribution in [3.63, 3.8) is 0 Å². The number of carboxylic acid groups (broad SMARTS) is 1. The van der Waals surface area contributed by atoms with Crippen LogP contribution in [0, 0.1) is 6.92 Å². The second-order valence-electron chi connectivity index (χ2n) is 3.86. The first kappa shape index (κ1) is 15.1. The van der Waals surface area contributed by atoms with Gasteiger partial charge < -0.3 is 10.4 Å². The summed E-state index contributed by atoms with van der Waals surface area (Å²) in [6, 6.07) is 5.17. The molecule has 2 aromatic rings. The molecule has 0 aliphatic rings. The van der Waals surface area contributed by atoms with Crippen LogP contribution in [0.2, 0.25) is 0 Å². The standard InChI is InChI=1S/C12H8Br2N2O3S/c1-5-9(12(18)19)11(20-16-5)15-10(17)7-4-6(13)2-3-8(7)14/h2-4H,1H3,(H,15,17)(H,18,19). The Labute approximate surface area is 135 Å². The van der Waals surface area contributed by atoms with Crippen LogP contribution in [0.5, 0.6) is 0 Å². The van der Waals surface area contributed by atoms with E-state index in [1.807, 2.05) is 0 Å². The molecule has 0 aliphatic carbocycles. The maximum Gasteiger partial charge on any atom is 0.340 e. The zero-order chi connectivity index (χ0) is 14.9. The van der Waals surface area contributed by atoms with E-state index in [1.54, 1.807) is 25.1 Å². The number of nitrogens with zero attached hydrogens (tertiary/aromatic N) is 1. The first-order chi connectivity index (χ1) is 9.40.